The molecule has 0 aromatic heterocycles. The predicted molar refractivity (Wildman–Crippen MR) is 78.0 cm³/mol. The van der Waals surface area contributed by atoms with Gasteiger partial charge in [0.15, 0.2) is 0 Å². The third-order valence-corrected chi connectivity index (χ3v) is 4.48. The maximum atomic E-state index is 12.2. The highest BCUT2D eigenvalue weighted by Crippen LogP contribution is 2.35. The summed E-state index contributed by atoms with van der Waals surface area (Å²) in [4.78, 5) is 14.0. The van der Waals surface area contributed by atoms with Gasteiger partial charge in [-0.3, -0.25) is 4.79 Å². The molecule has 4 heteroatoms. The van der Waals surface area contributed by atoms with Gasteiger partial charge in [0.25, 0.3) is 0 Å². The van der Waals surface area contributed by atoms with E-state index >= 15 is 0 Å². The van der Waals surface area contributed by atoms with E-state index in [0.29, 0.717) is 0 Å². The van der Waals surface area contributed by atoms with Crippen LogP contribution in [-0.4, -0.2) is 48.2 Å². The van der Waals surface area contributed by atoms with Crippen LogP contribution in [0.1, 0.15) is 52.9 Å². The Balaban J connectivity index is 2.47. The van der Waals surface area contributed by atoms with Gasteiger partial charge in [-0.2, -0.15) is 0 Å². The van der Waals surface area contributed by atoms with Crippen LogP contribution in [0.5, 0.6) is 0 Å². The smallest absolute Gasteiger partial charge is 0.239 e. The van der Waals surface area contributed by atoms with Crippen molar-refractivity contribution in [3.8, 4) is 0 Å². The highest BCUT2D eigenvalue weighted by Gasteiger charge is 2.32. The van der Waals surface area contributed by atoms with Crippen molar-refractivity contribution in [2.45, 2.75) is 58.9 Å². The molecule has 1 aliphatic rings. The minimum atomic E-state index is -0.162. The van der Waals surface area contributed by atoms with Crippen LogP contribution < -0.4 is 5.32 Å². The van der Waals surface area contributed by atoms with Crippen molar-refractivity contribution in [2.75, 3.05) is 26.2 Å². The van der Waals surface area contributed by atoms with Crippen molar-refractivity contribution in [2.24, 2.45) is 5.41 Å². The van der Waals surface area contributed by atoms with Gasteiger partial charge in [0.05, 0.1) is 6.04 Å². The fourth-order valence-corrected chi connectivity index (χ4v) is 2.96. The first-order chi connectivity index (χ1) is 9.08. The molecular weight excluding hydrogens is 240 g/mol. The number of aliphatic hydroxyl groups excluding tert-OH is 1. The van der Waals surface area contributed by atoms with Crippen LogP contribution in [-0.2, 0) is 4.79 Å². The summed E-state index contributed by atoms with van der Waals surface area (Å²) in [5, 5.41) is 13.0. The number of carbonyl (C=O) groups excluding carboxylic acids is 1. The van der Waals surface area contributed by atoms with E-state index in [1.54, 1.807) is 0 Å². The summed E-state index contributed by atoms with van der Waals surface area (Å²) >= 11 is 0. The topological polar surface area (TPSA) is 52.6 Å². The van der Waals surface area contributed by atoms with Crippen LogP contribution in [0.3, 0.4) is 0 Å². The zero-order valence-corrected chi connectivity index (χ0v) is 12.7. The van der Waals surface area contributed by atoms with Crippen molar-refractivity contribution >= 4 is 5.91 Å². The maximum absolute atomic E-state index is 12.2. The van der Waals surface area contributed by atoms with E-state index in [1.807, 2.05) is 25.7 Å². The van der Waals surface area contributed by atoms with Crippen molar-refractivity contribution in [1.82, 2.24) is 10.2 Å². The van der Waals surface area contributed by atoms with Gasteiger partial charge >= 0.3 is 0 Å². The van der Waals surface area contributed by atoms with Crippen LogP contribution >= 0.6 is 0 Å². The Hall–Kier alpha value is -0.610. The van der Waals surface area contributed by atoms with Gasteiger partial charge < -0.3 is 15.3 Å². The number of nitrogens with one attached hydrogen (secondary N) is 1. The van der Waals surface area contributed by atoms with Crippen molar-refractivity contribution in [1.29, 1.82) is 0 Å². The Morgan fingerprint density at radius 1 is 1.26 bits per heavy atom. The lowest BCUT2D eigenvalue weighted by molar-refractivity contribution is -0.132. The third kappa shape index (κ3) is 4.46. The second kappa shape index (κ2) is 7.85. The molecule has 112 valence electrons. The predicted octanol–water partition coefficient (Wildman–Crippen LogP) is 1.78. The van der Waals surface area contributed by atoms with Crippen LogP contribution in [0.15, 0.2) is 0 Å². The molecule has 19 heavy (non-hydrogen) atoms. The average molecular weight is 270 g/mol. The molecule has 4 nitrogen and oxygen atoms in total. The summed E-state index contributed by atoms with van der Waals surface area (Å²) < 4.78 is 0. The summed E-state index contributed by atoms with van der Waals surface area (Å²) in [5.74, 6) is 0.161. The Bertz CT molecular complexity index is 271. The first-order valence-electron chi connectivity index (χ1n) is 7.71. The molecule has 1 saturated carbocycles. The van der Waals surface area contributed by atoms with E-state index in [4.69, 9.17) is 0 Å². The van der Waals surface area contributed by atoms with Crippen LogP contribution in [0.2, 0.25) is 0 Å². The van der Waals surface area contributed by atoms with Gasteiger partial charge in [-0.05, 0) is 33.6 Å². The quantitative estimate of drug-likeness (QED) is 0.741. The molecule has 1 aliphatic carbocycles. The molecule has 0 spiro atoms. The molecule has 0 heterocycles. The molecule has 2 N–H and O–H groups in total. The monoisotopic (exact) mass is 270 g/mol. The molecule has 0 aromatic rings. The molecule has 0 aliphatic heterocycles. The third-order valence-electron chi connectivity index (χ3n) is 4.48. The van der Waals surface area contributed by atoms with E-state index < -0.39 is 0 Å². The normalized spacial score (nSPS) is 20.0. The highest BCUT2D eigenvalue weighted by molar-refractivity contribution is 5.81. The summed E-state index contributed by atoms with van der Waals surface area (Å²) in [7, 11) is 0. The number of aliphatic hydroxyl groups is 1. The van der Waals surface area contributed by atoms with E-state index in [-0.39, 0.29) is 24.0 Å². The maximum Gasteiger partial charge on any atom is 0.239 e. The zero-order valence-electron chi connectivity index (χ0n) is 12.7. The molecule has 1 rings (SSSR count). The molecule has 0 aromatic carbocycles. The van der Waals surface area contributed by atoms with E-state index in [2.05, 4.69) is 5.32 Å². The van der Waals surface area contributed by atoms with E-state index in [1.165, 1.54) is 19.3 Å². The number of amides is 1. The van der Waals surface area contributed by atoms with Crippen molar-refractivity contribution < 1.29 is 9.90 Å². The van der Waals surface area contributed by atoms with Crippen molar-refractivity contribution in [3.05, 3.63) is 0 Å². The minimum absolute atomic E-state index is 0.00392. The Labute approximate surface area is 117 Å². The number of carbonyl (C=O) groups is 1. The molecular formula is C15H30N2O2. The van der Waals surface area contributed by atoms with Crippen LogP contribution in [0.25, 0.3) is 0 Å². The Morgan fingerprint density at radius 3 is 2.32 bits per heavy atom. The summed E-state index contributed by atoms with van der Waals surface area (Å²) in [6, 6.07) is -0.162. The number of hydrogen-bond acceptors (Lipinski definition) is 3. The minimum Gasteiger partial charge on any atom is -0.396 e. The van der Waals surface area contributed by atoms with E-state index in [9.17, 15) is 9.90 Å². The number of nitrogens with zero attached hydrogens (tertiary/aromatic N) is 1. The van der Waals surface area contributed by atoms with Gasteiger partial charge in [0, 0.05) is 31.7 Å². The second-order valence-corrected chi connectivity index (χ2v) is 5.83. The molecule has 1 amide bonds. The summed E-state index contributed by atoms with van der Waals surface area (Å²) in [6.07, 6.45) is 5.81. The lowest BCUT2D eigenvalue weighted by Gasteiger charge is -2.37. The molecule has 0 saturated heterocycles. The molecule has 1 unspecified atom stereocenters. The summed E-state index contributed by atoms with van der Waals surface area (Å²) in [6.45, 7) is 8.42. The molecule has 1 fully saturated rings. The summed E-state index contributed by atoms with van der Waals surface area (Å²) in [5.41, 5.74) is -0.00392. The average Bonchev–Trinajstić information content (AvgIpc) is 2.47. The van der Waals surface area contributed by atoms with Gasteiger partial charge in [-0.1, -0.05) is 19.3 Å². The van der Waals surface area contributed by atoms with E-state index in [0.717, 1.165) is 32.5 Å². The molecule has 0 radical (unpaired) electrons. The van der Waals surface area contributed by atoms with Crippen molar-refractivity contribution in [3.63, 3.8) is 0 Å². The first kappa shape index (κ1) is 16.4. The fourth-order valence-electron chi connectivity index (χ4n) is 2.96. The van der Waals surface area contributed by atoms with Gasteiger partial charge in [0.1, 0.15) is 0 Å². The number of rotatable bonds is 7. The lowest BCUT2D eigenvalue weighted by atomic mass is 9.74. The largest absolute Gasteiger partial charge is 0.396 e. The highest BCUT2D eigenvalue weighted by atomic mass is 16.3. The van der Waals surface area contributed by atoms with Gasteiger partial charge in [0.2, 0.25) is 5.91 Å². The molecule has 1 atom stereocenters. The number of hydrogen-bond donors (Lipinski definition) is 2. The first-order valence-corrected chi connectivity index (χ1v) is 7.71. The standard InChI is InChI=1S/C15H30N2O2/c1-4-17(5-2)14(19)13(3)16-11-15(12-18)9-7-6-8-10-15/h13,16,18H,4-12H2,1-3H3. The number of likely N-dealkylation sites (N-methyl/N-ethyl adjacent to an activating group) is 1. The lowest BCUT2D eigenvalue weighted by Crippen LogP contribution is -2.49. The van der Waals surface area contributed by atoms with Gasteiger partial charge in [-0.25, -0.2) is 0 Å². The van der Waals surface area contributed by atoms with Gasteiger partial charge in [-0.15, -0.1) is 0 Å². The molecule has 0 bridgehead atoms. The zero-order chi connectivity index (χ0) is 14.3. The van der Waals surface area contributed by atoms with Crippen LogP contribution in [0, 0.1) is 5.41 Å². The Morgan fingerprint density at radius 2 is 1.84 bits per heavy atom. The van der Waals surface area contributed by atoms with Crippen LogP contribution in [0.4, 0.5) is 0 Å². The fraction of sp³-hybridized carbons (Fsp3) is 0.933. The second-order valence-electron chi connectivity index (χ2n) is 5.83. The SMILES string of the molecule is CCN(CC)C(=O)C(C)NCC1(CO)CCCCC1. The Kier molecular flexibility index (Phi) is 6.80.